The summed E-state index contributed by atoms with van der Waals surface area (Å²) >= 11 is 1.46. The van der Waals surface area contributed by atoms with Crippen molar-refractivity contribution in [1.82, 2.24) is 14.5 Å². The van der Waals surface area contributed by atoms with E-state index in [2.05, 4.69) is 9.97 Å². The van der Waals surface area contributed by atoms with Crippen molar-refractivity contribution in [3.8, 4) is 0 Å². The molecule has 4 rings (SSSR count). The zero-order chi connectivity index (χ0) is 21.1. The van der Waals surface area contributed by atoms with Crippen molar-refractivity contribution in [1.29, 1.82) is 0 Å². The summed E-state index contributed by atoms with van der Waals surface area (Å²) in [4.78, 5) is 23.8. The zero-order valence-electron chi connectivity index (χ0n) is 16.3. The number of hydrogen-bond acceptors (Lipinski definition) is 6. The zero-order valence-corrected chi connectivity index (χ0v) is 17.9. The standard InChI is InChI=1S/C21H20N4O3S2/c1-30(27,28)17-9-7-16(8-10-17)20(26)25(13-4-12-24-14-11-22-15-24)21-23-18-5-2-3-6-19(18)29-21/h2-3,5-11,14-15H,4,12-13H2,1H3. The van der Waals surface area contributed by atoms with Gasteiger partial charge in [-0.15, -0.1) is 0 Å². The van der Waals surface area contributed by atoms with Crippen LogP contribution in [0.3, 0.4) is 0 Å². The summed E-state index contributed by atoms with van der Waals surface area (Å²) in [5.41, 5.74) is 1.27. The molecule has 4 aromatic rings. The molecule has 0 aliphatic rings. The highest BCUT2D eigenvalue weighted by Crippen LogP contribution is 2.30. The van der Waals surface area contributed by atoms with Gasteiger partial charge in [-0.05, 0) is 42.8 Å². The van der Waals surface area contributed by atoms with Crippen LogP contribution >= 0.6 is 11.3 Å². The highest BCUT2D eigenvalue weighted by atomic mass is 32.2. The molecule has 0 atom stereocenters. The summed E-state index contributed by atoms with van der Waals surface area (Å²) in [5, 5.41) is 0.624. The van der Waals surface area contributed by atoms with Crippen LogP contribution in [0.25, 0.3) is 10.2 Å². The van der Waals surface area contributed by atoms with Crippen LogP contribution in [-0.2, 0) is 16.4 Å². The Balaban J connectivity index is 1.62. The monoisotopic (exact) mass is 440 g/mol. The predicted molar refractivity (Wildman–Crippen MR) is 118 cm³/mol. The summed E-state index contributed by atoms with van der Waals surface area (Å²) in [6.07, 6.45) is 7.22. The summed E-state index contributed by atoms with van der Waals surface area (Å²) < 4.78 is 26.4. The van der Waals surface area contributed by atoms with Crippen LogP contribution in [0.1, 0.15) is 16.8 Å². The fourth-order valence-electron chi connectivity index (χ4n) is 3.09. The third-order valence-corrected chi connectivity index (χ3v) is 6.83. The second kappa shape index (κ2) is 8.37. The maximum absolute atomic E-state index is 13.3. The Morgan fingerprint density at radius 1 is 1.13 bits per heavy atom. The maximum atomic E-state index is 13.3. The number of hydrogen-bond donors (Lipinski definition) is 0. The fraction of sp³-hybridized carbons (Fsp3) is 0.190. The third kappa shape index (κ3) is 4.42. The molecule has 2 aromatic carbocycles. The Bertz CT molecular complexity index is 1230. The van der Waals surface area contributed by atoms with Gasteiger partial charge >= 0.3 is 0 Å². The van der Waals surface area contributed by atoms with E-state index in [-0.39, 0.29) is 10.8 Å². The number of carbonyl (C=O) groups is 1. The van der Waals surface area contributed by atoms with Crippen LogP contribution < -0.4 is 4.90 Å². The van der Waals surface area contributed by atoms with Crippen molar-refractivity contribution in [2.24, 2.45) is 0 Å². The number of aromatic nitrogens is 3. The summed E-state index contributed by atoms with van der Waals surface area (Å²) in [5.74, 6) is -0.209. The van der Waals surface area contributed by atoms with Gasteiger partial charge in [0.25, 0.3) is 5.91 Å². The molecule has 0 fully saturated rings. The number of imidazole rings is 1. The Hall–Kier alpha value is -3.04. The minimum atomic E-state index is -3.32. The van der Waals surface area contributed by atoms with Crippen LogP contribution in [0.15, 0.2) is 72.1 Å². The van der Waals surface area contributed by atoms with E-state index in [1.807, 2.05) is 35.0 Å². The van der Waals surface area contributed by atoms with Crippen LogP contribution in [0.2, 0.25) is 0 Å². The van der Waals surface area contributed by atoms with E-state index in [0.29, 0.717) is 17.2 Å². The summed E-state index contributed by atoms with van der Waals surface area (Å²) in [7, 11) is -3.32. The van der Waals surface area contributed by atoms with Crippen LogP contribution in [0, 0.1) is 0 Å². The largest absolute Gasteiger partial charge is 0.337 e. The van der Waals surface area contributed by atoms with Crippen molar-refractivity contribution >= 4 is 42.4 Å². The number of aryl methyl sites for hydroxylation is 1. The van der Waals surface area contributed by atoms with E-state index in [1.54, 1.807) is 29.6 Å². The summed E-state index contributed by atoms with van der Waals surface area (Å²) in [6, 6.07) is 13.8. The average Bonchev–Trinajstić information content (AvgIpc) is 3.39. The smallest absolute Gasteiger partial charge is 0.260 e. The van der Waals surface area contributed by atoms with Gasteiger partial charge in [-0.1, -0.05) is 23.5 Å². The van der Waals surface area contributed by atoms with Gasteiger partial charge in [-0.25, -0.2) is 18.4 Å². The third-order valence-electron chi connectivity index (χ3n) is 4.65. The van der Waals surface area contributed by atoms with Gasteiger partial charge in [0.15, 0.2) is 15.0 Å². The minimum absolute atomic E-state index is 0.186. The lowest BCUT2D eigenvalue weighted by Gasteiger charge is -2.20. The molecule has 0 spiro atoms. The Morgan fingerprint density at radius 2 is 1.90 bits per heavy atom. The second-order valence-electron chi connectivity index (χ2n) is 6.87. The van der Waals surface area contributed by atoms with Gasteiger partial charge in [0, 0.05) is 37.3 Å². The first-order valence-electron chi connectivity index (χ1n) is 9.35. The molecule has 2 heterocycles. The van der Waals surface area contributed by atoms with Gasteiger partial charge in [-0.3, -0.25) is 9.69 Å². The van der Waals surface area contributed by atoms with Gasteiger partial charge in [0.05, 0.1) is 21.4 Å². The van der Waals surface area contributed by atoms with E-state index in [0.717, 1.165) is 29.4 Å². The van der Waals surface area contributed by atoms with E-state index >= 15 is 0 Å². The van der Waals surface area contributed by atoms with Gasteiger partial charge in [0.1, 0.15) is 0 Å². The number of benzene rings is 2. The molecule has 154 valence electrons. The lowest BCUT2D eigenvalue weighted by molar-refractivity contribution is 0.0986. The molecule has 0 unspecified atom stereocenters. The quantitative estimate of drug-likeness (QED) is 0.438. The molecule has 0 aliphatic carbocycles. The summed E-state index contributed by atoms with van der Waals surface area (Å²) in [6.45, 7) is 1.20. The molecule has 1 amide bonds. The molecule has 0 saturated heterocycles. The van der Waals surface area contributed by atoms with Crippen LogP contribution in [-0.4, -0.2) is 41.7 Å². The number of carbonyl (C=O) groups excluding carboxylic acids is 1. The molecular formula is C21H20N4O3S2. The first-order chi connectivity index (χ1) is 14.4. The van der Waals surface area contributed by atoms with Gasteiger partial charge in [-0.2, -0.15) is 0 Å². The topological polar surface area (TPSA) is 85.2 Å². The molecule has 2 aromatic heterocycles. The maximum Gasteiger partial charge on any atom is 0.260 e. The SMILES string of the molecule is CS(=O)(=O)c1ccc(C(=O)N(CCCn2ccnc2)c2nc3ccccc3s2)cc1. The van der Waals surface area contributed by atoms with Crippen LogP contribution in [0.5, 0.6) is 0 Å². The first-order valence-corrected chi connectivity index (χ1v) is 12.1. The first kappa shape index (κ1) is 20.2. The van der Waals surface area contributed by atoms with Gasteiger partial charge < -0.3 is 4.57 Å². The van der Waals surface area contributed by atoms with Crippen molar-refractivity contribution < 1.29 is 13.2 Å². The Kier molecular flexibility index (Phi) is 5.65. The van der Waals surface area contributed by atoms with E-state index in [4.69, 9.17) is 0 Å². The number of para-hydroxylation sites is 1. The minimum Gasteiger partial charge on any atom is -0.337 e. The van der Waals surface area contributed by atoms with Crippen molar-refractivity contribution in [3.63, 3.8) is 0 Å². The number of anilines is 1. The molecule has 30 heavy (non-hydrogen) atoms. The Labute approximate surface area is 178 Å². The number of thiazole rings is 1. The normalized spacial score (nSPS) is 11.6. The van der Waals surface area contributed by atoms with E-state index < -0.39 is 9.84 Å². The van der Waals surface area contributed by atoms with Gasteiger partial charge in [0.2, 0.25) is 0 Å². The molecule has 0 radical (unpaired) electrons. The highest BCUT2D eigenvalue weighted by molar-refractivity contribution is 7.90. The van der Waals surface area contributed by atoms with Crippen LogP contribution in [0.4, 0.5) is 5.13 Å². The van der Waals surface area contributed by atoms with E-state index in [9.17, 15) is 13.2 Å². The van der Waals surface area contributed by atoms with E-state index in [1.165, 1.54) is 23.5 Å². The number of sulfone groups is 1. The number of nitrogens with zero attached hydrogens (tertiary/aromatic N) is 4. The van der Waals surface area contributed by atoms with Crippen molar-refractivity contribution in [2.75, 3.05) is 17.7 Å². The molecule has 0 bridgehead atoms. The fourth-order valence-corrected chi connectivity index (χ4v) is 4.71. The second-order valence-corrected chi connectivity index (χ2v) is 9.90. The molecule has 0 saturated carbocycles. The van der Waals surface area contributed by atoms with Crippen molar-refractivity contribution in [2.45, 2.75) is 17.9 Å². The Morgan fingerprint density at radius 3 is 2.57 bits per heavy atom. The predicted octanol–water partition coefficient (Wildman–Crippen LogP) is 3.63. The molecule has 9 heteroatoms. The molecular weight excluding hydrogens is 420 g/mol. The highest BCUT2D eigenvalue weighted by Gasteiger charge is 2.21. The number of amides is 1. The number of fused-ring (bicyclic) bond motifs is 1. The lowest BCUT2D eigenvalue weighted by atomic mass is 10.2. The number of rotatable bonds is 7. The molecule has 0 aliphatic heterocycles. The average molecular weight is 441 g/mol. The lowest BCUT2D eigenvalue weighted by Crippen LogP contribution is -2.32. The molecule has 0 N–H and O–H groups in total. The van der Waals surface area contributed by atoms with Crippen molar-refractivity contribution in [3.05, 3.63) is 72.8 Å². The molecule has 7 nitrogen and oxygen atoms in total.